The molecule has 7 nitrogen and oxygen atoms in total. The van der Waals surface area contributed by atoms with Gasteiger partial charge in [-0.3, -0.25) is 0 Å². The number of thiophene rings is 1. The second kappa shape index (κ2) is 8.30. The lowest BCUT2D eigenvalue weighted by Crippen LogP contribution is -2.16. The standard InChI is InChI=1S/C17H14F3NO6S/c1-25-15(23)11-9(12(16(24)26-2)28-13(11)21)7-27-14(22)8-5-3-4-6-10(8)17(18,19)20/h3-6H,7,21H2,1-2H3. The number of carbonyl (C=O) groups is 3. The van der Waals surface area contributed by atoms with E-state index in [1.807, 2.05) is 0 Å². The largest absolute Gasteiger partial charge is 0.465 e. The van der Waals surface area contributed by atoms with Crippen molar-refractivity contribution in [3.63, 3.8) is 0 Å². The van der Waals surface area contributed by atoms with E-state index in [4.69, 9.17) is 10.5 Å². The first-order chi connectivity index (χ1) is 13.1. The SMILES string of the molecule is COC(=O)c1sc(N)c(C(=O)OC)c1COC(=O)c1ccccc1C(F)(F)F. The molecule has 1 aromatic heterocycles. The number of methoxy groups -OCH3 is 2. The van der Waals surface area contributed by atoms with Crippen molar-refractivity contribution in [2.45, 2.75) is 12.8 Å². The number of hydrogen-bond acceptors (Lipinski definition) is 8. The summed E-state index contributed by atoms with van der Waals surface area (Å²) >= 11 is 0.703. The Labute approximate surface area is 160 Å². The number of carbonyl (C=O) groups excluding carboxylic acids is 3. The van der Waals surface area contributed by atoms with E-state index in [-0.39, 0.29) is 21.0 Å². The van der Waals surface area contributed by atoms with E-state index >= 15 is 0 Å². The summed E-state index contributed by atoms with van der Waals surface area (Å²) in [4.78, 5) is 35.9. The monoisotopic (exact) mass is 417 g/mol. The van der Waals surface area contributed by atoms with Crippen molar-refractivity contribution in [1.29, 1.82) is 0 Å². The maximum atomic E-state index is 13.1. The first kappa shape index (κ1) is 21.2. The molecule has 0 fully saturated rings. The summed E-state index contributed by atoms with van der Waals surface area (Å²) in [6.45, 7) is -0.687. The van der Waals surface area contributed by atoms with E-state index in [1.54, 1.807) is 0 Å². The van der Waals surface area contributed by atoms with Crippen molar-refractivity contribution >= 4 is 34.2 Å². The number of nitrogens with two attached hydrogens (primary N) is 1. The van der Waals surface area contributed by atoms with E-state index < -0.39 is 41.8 Å². The van der Waals surface area contributed by atoms with Crippen LogP contribution >= 0.6 is 11.3 Å². The highest BCUT2D eigenvalue weighted by molar-refractivity contribution is 7.18. The topological polar surface area (TPSA) is 105 Å². The van der Waals surface area contributed by atoms with Gasteiger partial charge in [-0.1, -0.05) is 12.1 Å². The van der Waals surface area contributed by atoms with Crippen LogP contribution in [0.4, 0.5) is 18.2 Å². The Kier molecular flexibility index (Phi) is 6.29. The fraction of sp³-hybridized carbons (Fsp3) is 0.235. The Morgan fingerprint density at radius 2 is 1.64 bits per heavy atom. The molecule has 0 spiro atoms. The molecule has 0 atom stereocenters. The van der Waals surface area contributed by atoms with Crippen LogP contribution in [0.25, 0.3) is 0 Å². The number of nitrogen functional groups attached to an aromatic ring is 1. The van der Waals surface area contributed by atoms with Gasteiger partial charge < -0.3 is 19.9 Å². The molecule has 0 aliphatic rings. The molecule has 0 amide bonds. The summed E-state index contributed by atoms with van der Waals surface area (Å²) in [6, 6.07) is 4.06. The van der Waals surface area contributed by atoms with Gasteiger partial charge in [0, 0.05) is 5.56 Å². The quantitative estimate of drug-likeness (QED) is 0.588. The first-order valence-corrected chi connectivity index (χ1v) is 8.34. The van der Waals surface area contributed by atoms with E-state index in [0.717, 1.165) is 32.4 Å². The number of benzene rings is 1. The molecule has 11 heteroatoms. The third kappa shape index (κ3) is 4.25. The predicted molar refractivity (Wildman–Crippen MR) is 92.0 cm³/mol. The van der Waals surface area contributed by atoms with Gasteiger partial charge in [0.2, 0.25) is 0 Å². The molecule has 2 aromatic rings. The van der Waals surface area contributed by atoms with Gasteiger partial charge in [0.15, 0.2) is 0 Å². The summed E-state index contributed by atoms with van der Waals surface area (Å²) in [7, 11) is 2.16. The zero-order valence-electron chi connectivity index (χ0n) is 14.6. The van der Waals surface area contributed by atoms with Gasteiger partial charge in [0.05, 0.1) is 25.3 Å². The summed E-state index contributed by atoms with van der Waals surface area (Å²) < 4.78 is 53.3. The van der Waals surface area contributed by atoms with Crippen molar-refractivity contribution in [3.8, 4) is 0 Å². The van der Waals surface area contributed by atoms with Crippen molar-refractivity contribution in [2.75, 3.05) is 20.0 Å². The lowest BCUT2D eigenvalue weighted by molar-refractivity contribution is -0.138. The summed E-state index contributed by atoms with van der Waals surface area (Å²) in [6.07, 6.45) is -4.77. The van der Waals surface area contributed by atoms with Crippen LogP contribution in [-0.2, 0) is 27.0 Å². The van der Waals surface area contributed by atoms with Crippen LogP contribution in [0.15, 0.2) is 24.3 Å². The van der Waals surface area contributed by atoms with Gasteiger partial charge in [0.1, 0.15) is 22.0 Å². The third-order valence-corrected chi connectivity index (χ3v) is 4.64. The highest BCUT2D eigenvalue weighted by Crippen LogP contribution is 2.34. The maximum Gasteiger partial charge on any atom is 0.417 e. The van der Waals surface area contributed by atoms with E-state index in [2.05, 4.69) is 9.47 Å². The van der Waals surface area contributed by atoms with Gasteiger partial charge in [-0.05, 0) is 12.1 Å². The molecule has 2 N–H and O–H groups in total. The normalized spacial score (nSPS) is 11.0. The molecule has 0 saturated carbocycles. The number of rotatable bonds is 5. The number of ether oxygens (including phenoxy) is 3. The van der Waals surface area contributed by atoms with Crippen molar-refractivity contribution in [2.24, 2.45) is 0 Å². The second-order valence-corrected chi connectivity index (χ2v) is 6.30. The van der Waals surface area contributed by atoms with Crippen molar-refractivity contribution in [3.05, 3.63) is 51.4 Å². The molecular weight excluding hydrogens is 403 g/mol. The van der Waals surface area contributed by atoms with Crippen molar-refractivity contribution < 1.29 is 41.8 Å². The van der Waals surface area contributed by atoms with Gasteiger partial charge in [-0.25, -0.2) is 14.4 Å². The average Bonchev–Trinajstić information content (AvgIpc) is 3.00. The highest BCUT2D eigenvalue weighted by atomic mass is 32.1. The number of hydrogen-bond donors (Lipinski definition) is 1. The van der Waals surface area contributed by atoms with E-state index in [0.29, 0.717) is 11.3 Å². The Bertz CT molecular complexity index is 922. The fourth-order valence-corrected chi connectivity index (χ4v) is 3.31. The summed E-state index contributed by atoms with van der Waals surface area (Å²) in [5.74, 6) is -3.04. The Balaban J connectivity index is 2.38. The molecule has 1 heterocycles. The maximum absolute atomic E-state index is 13.1. The first-order valence-electron chi connectivity index (χ1n) is 7.52. The lowest BCUT2D eigenvalue weighted by Gasteiger charge is -2.12. The van der Waals surface area contributed by atoms with Gasteiger partial charge in [0.25, 0.3) is 0 Å². The van der Waals surface area contributed by atoms with Crippen LogP contribution in [0.5, 0.6) is 0 Å². The van der Waals surface area contributed by atoms with Crippen LogP contribution in [0, 0.1) is 0 Å². The minimum atomic E-state index is -4.77. The van der Waals surface area contributed by atoms with Crippen LogP contribution in [-0.4, -0.2) is 32.1 Å². The Morgan fingerprint density at radius 1 is 1.04 bits per heavy atom. The minimum Gasteiger partial charge on any atom is -0.465 e. The molecule has 2 rings (SSSR count). The summed E-state index contributed by atoms with van der Waals surface area (Å²) in [5.41, 5.74) is 3.52. The Morgan fingerprint density at radius 3 is 2.21 bits per heavy atom. The van der Waals surface area contributed by atoms with Gasteiger partial charge >= 0.3 is 24.1 Å². The molecular formula is C17H14F3NO6S. The molecule has 1 aromatic carbocycles. The lowest BCUT2D eigenvalue weighted by atomic mass is 10.1. The van der Waals surface area contributed by atoms with E-state index in [9.17, 15) is 27.6 Å². The molecule has 0 aliphatic heterocycles. The second-order valence-electron chi connectivity index (χ2n) is 5.25. The van der Waals surface area contributed by atoms with Gasteiger partial charge in [-0.15, -0.1) is 11.3 Å². The molecule has 0 bridgehead atoms. The Hall–Kier alpha value is -3.08. The van der Waals surface area contributed by atoms with Crippen LogP contribution in [0.1, 0.15) is 41.5 Å². The van der Waals surface area contributed by atoms with Gasteiger partial charge in [-0.2, -0.15) is 13.2 Å². The van der Waals surface area contributed by atoms with Crippen LogP contribution < -0.4 is 5.73 Å². The molecule has 0 unspecified atom stereocenters. The smallest absolute Gasteiger partial charge is 0.417 e. The zero-order valence-corrected chi connectivity index (χ0v) is 15.4. The molecule has 150 valence electrons. The number of esters is 3. The average molecular weight is 417 g/mol. The molecule has 28 heavy (non-hydrogen) atoms. The highest BCUT2D eigenvalue weighted by Gasteiger charge is 2.36. The predicted octanol–water partition coefficient (Wildman–Crippen LogP) is 3.28. The van der Waals surface area contributed by atoms with E-state index in [1.165, 1.54) is 6.07 Å². The fourth-order valence-electron chi connectivity index (χ4n) is 2.33. The number of anilines is 1. The minimum absolute atomic E-state index is 0.0889. The van der Waals surface area contributed by atoms with Crippen LogP contribution in [0.2, 0.25) is 0 Å². The van der Waals surface area contributed by atoms with Crippen LogP contribution in [0.3, 0.4) is 0 Å². The zero-order chi connectivity index (χ0) is 21.1. The molecule has 0 aliphatic carbocycles. The molecule has 0 saturated heterocycles. The van der Waals surface area contributed by atoms with Crippen molar-refractivity contribution in [1.82, 2.24) is 0 Å². The summed E-state index contributed by atoms with van der Waals surface area (Å²) in [5, 5.41) is -0.0889. The number of halogens is 3. The third-order valence-electron chi connectivity index (χ3n) is 3.59. The molecule has 0 radical (unpaired) electrons. The number of alkyl halides is 3.